The summed E-state index contributed by atoms with van der Waals surface area (Å²) in [5.41, 5.74) is 3.93. The molecule has 1 fully saturated rings. The number of fused-ring (bicyclic) bond motifs is 1. The van der Waals surface area contributed by atoms with E-state index < -0.39 is 0 Å². The zero-order valence-electron chi connectivity index (χ0n) is 17.5. The second-order valence-corrected chi connectivity index (χ2v) is 7.86. The number of nitrogens with zero attached hydrogens (tertiary/aromatic N) is 6. The first-order valence-electron chi connectivity index (χ1n) is 10.4. The summed E-state index contributed by atoms with van der Waals surface area (Å²) in [4.78, 5) is 32.3. The van der Waals surface area contributed by atoms with Crippen LogP contribution in [0.4, 0.5) is 0 Å². The Morgan fingerprint density at radius 3 is 2.62 bits per heavy atom. The lowest BCUT2D eigenvalue weighted by Gasteiger charge is -2.30. The van der Waals surface area contributed by atoms with Crippen LogP contribution in [0.2, 0.25) is 0 Å². The van der Waals surface area contributed by atoms with Crippen molar-refractivity contribution < 1.29 is 9.59 Å². The molecule has 1 amide bonds. The lowest BCUT2D eigenvalue weighted by Crippen LogP contribution is -2.42. The Morgan fingerprint density at radius 1 is 1.16 bits per heavy atom. The number of hydrogen-bond donors (Lipinski definition) is 0. The number of nitriles is 1. The predicted octanol–water partition coefficient (Wildman–Crippen LogP) is 2.88. The maximum atomic E-state index is 13.2. The molecule has 0 saturated carbocycles. The van der Waals surface area contributed by atoms with Crippen molar-refractivity contribution in [3.8, 4) is 17.3 Å². The van der Waals surface area contributed by atoms with E-state index in [1.807, 2.05) is 36.5 Å². The van der Waals surface area contributed by atoms with E-state index in [9.17, 15) is 14.9 Å². The summed E-state index contributed by atoms with van der Waals surface area (Å²) in [6.45, 7) is 1.39. The monoisotopic (exact) mass is 424 g/mol. The van der Waals surface area contributed by atoms with Crippen LogP contribution in [0.1, 0.15) is 38.4 Å². The number of carbonyl (C=O) groups excluding carboxylic acids is 2. The third-order valence-electron chi connectivity index (χ3n) is 5.80. The number of aromatic nitrogens is 4. The lowest BCUT2D eigenvalue weighted by atomic mass is 10.0. The minimum absolute atomic E-state index is 0.0211. The smallest absolute Gasteiger partial charge is 0.257 e. The fraction of sp³-hybridized carbons (Fsp3) is 0.208. The number of amides is 1. The van der Waals surface area contributed by atoms with Gasteiger partial charge in [0.15, 0.2) is 5.78 Å². The van der Waals surface area contributed by atoms with Crippen molar-refractivity contribution in [2.75, 3.05) is 13.1 Å². The molecule has 3 aromatic heterocycles. The van der Waals surface area contributed by atoms with Gasteiger partial charge in [-0.1, -0.05) is 30.3 Å². The van der Waals surface area contributed by atoms with Crippen LogP contribution in [0.5, 0.6) is 0 Å². The van der Waals surface area contributed by atoms with Crippen LogP contribution in [0.25, 0.3) is 16.9 Å². The molecular weight excluding hydrogens is 404 g/mol. The Bertz CT molecular complexity index is 1390. The zero-order valence-corrected chi connectivity index (χ0v) is 17.5. The minimum atomic E-state index is -0.260. The molecule has 0 radical (unpaired) electrons. The minimum Gasteiger partial charge on any atom is -0.338 e. The molecule has 4 heterocycles. The summed E-state index contributed by atoms with van der Waals surface area (Å²) >= 11 is 0. The van der Waals surface area contributed by atoms with E-state index in [0.717, 1.165) is 17.7 Å². The Morgan fingerprint density at radius 2 is 1.94 bits per heavy atom. The first-order valence-corrected chi connectivity index (χ1v) is 10.4. The number of aryl methyl sites for hydroxylation is 1. The Labute approximate surface area is 184 Å². The molecule has 5 rings (SSSR count). The first-order chi connectivity index (χ1) is 15.5. The fourth-order valence-electron chi connectivity index (χ4n) is 3.94. The Hall–Kier alpha value is -4.25. The number of pyridine rings is 1. The highest BCUT2D eigenvalue weighted by Gasteiger charge is 2.29. The van der Waals surface area contributed by atoms with Crippen LogP contribution < -0.4 is 0 Å². The second kappa shape index (κ2) is 7.78. The summed E-state index contributed by atoms with van der Waals surface area (Å²) in [6, 6.07) is 13.7. The van der Waals surface area contributed by atoms with Gasteiger partial charge in [-0.25, -0.2) is 4.98 Å². The van der Waals surface area contributed by atoms with E-state index >= 15 is 0 Å². The number of Topliss-reactive ketones (excluding diaryl/α,β-unsaturated/α-hetero) is 1. The van der Waals surface area contributed by atoms with Crippen LogP contribution in [0.15, 0.2) is 55.0 Å². The summed E-state index contributed by atoms with van der Waals surface area (Å²) in [5, 5.41) is 13.8. The number of hydrogen-bond acceptors (Lipinski definition) is 5. The predicted molar refractivity (Wildman–Crippen MR) is 117 cm³/mol. The maximum absolute atomic E-state index is 13.2. The van der Waals surface area contributed by atoms with E-state index in [0.29, 0.717) is 35.4 Å². The molecule has 0 spiro atoms. The van der Waals surface area contributed by atoms with Gasteiger partial charge in [-0.05, 0) is 18.1 Å². The van der Waals surface area contributed by atoms with Gasteiger partial charge in [0.1, 0.15) is 17.4 Å². The van der Waals surface area contributed by atoms with Crippen LogP contribution in [-0.4, -0.2) is 48.8 Å². The zero-order chi connectivity index (χ0) is 22.2. The second-order valence-electron chi connectivity index (χ2n) is 7.86. The van der Waals surface area contributed by atoms with Crippen LogP contribution >= 0.6 is 0 Å². The van der Waals surface area contributed by atoms with E-state index in [-0.39, 0.29) is 23.8 Å². The molecule has 32 heavy (non-hydrogen) atoms. The van der Waals surface area contributed by atoms with Gasteiger partial charge in [-0.2, -0.15) is 10.4 Å². The molecule has 0 unspecified atom stereocenters. The Balaban J connectivity index is 1.49. The molecule has 1 saturated heterocycles. The number of imidazole rings is 1. The van der Waals surface area contributed by atoms with Crippen molar-refractivity contribution in [2.24, 2.45) is 7.05 Å². The van der Waals surface area contributed by atoms with Gasteiger partial charge in [0, 0.05) is 44.5 Å². The van der Waals surface area contributed by atoms with Gasteiger partial charge < -0.3 is 9.30 Å². The summed E-state index contributed by atoms with van der Waals surface area (Å²) in [7, 11) is 1.65. The largest absolute Gasteiger partial charge is 0.338 e. The first kappa shape index (κ1) is 19.7. The van der Waals surface area contributed by atoms with Crippen LogP contribution in [0, 0.1) is 11.3 Å². The molecule has 158 valence electrons. The molecule has 0 aliphatic carbocycles. The third kappa shape index (κ3) is 3.34. The van der Waals surface area contributed by atoms with E-state index in [2.05, 4.69) is 16.2 Å². The van der Waals surface area contributed by atoms with Gasteiger partial charge in [0.2, 0.25) is 0 Å². The number of likely N-dealkylation sites (tertiary alicyclic amines) is 1. The molecule has 8 heteroatoms. The maximum Gasteiger partial charge on any atom is 0.257 e. The summed E-state index contributed by atoms with van der Waals surface area (Å²) in [5.74, 6) is -0.436. The van der Waals surface area contributed by atoms with E-state index in [4.69, 9.17) is 0 Å². The molecular formula is C24H20N6O2. The topological polar surface area (TPSA) is 96.3 Å². The van der Waals surface area contributed by atoms with Crippen molar-refractivity contribution in [1.82, 2.24) is 24.1 Å². The molecule has 0 atom stereocenters. The van der Waals surface area contributed by atoms with Gasteiger partial charge in [-0.3, -0.25) is 14.3 Å². The molecule has 1 aromatic carbocycles. The molecule has 0 bridgehead atoms. The standard InChI is InChI=1S/C24H20N6O2/c1-28-23(19(13-26-28)24(32)29-8-5-9-29)21(31)10-17-11-22-27-20(16-6-3-2-4-7-16)15-30(22)14-18(17)12-25/h2-4,6-7,11,13-15H,5,8-10H2,1H3. The van der Waals surface area contributed by atoms with Gasteiger partial charge in [-0.15, -0.1) is 0 Å². The number of rotatable bonds is 5. The van der Waals surface area contributed by atoms with Crippen molar-refractivity contribution in [3.63, 3.8) is 0 Å². The summed E-state index contributed by atoms with van der Waals surface area (Å²) < 4.78 is 3.22. The number of carbonyl (C=O) groups is 2. The SMILES string of the molecule is Cn1ncc(C(=O)N2CCC2)c1C(=O)Cc1cc2nc(-c3ccccc3)cn2cc1C#N. The lowest BCUT2D eigenvalue weighted by molar-refractivity contribution is 0.0647. The van der Waals surface area contributed by atoms with Crippen molar-refractivity contribution in [2.45, 2.75) is 12.8 Å². The van der Waals surface area contributed by atoms with Crippen LogP contribution in [-0.2, 0) is 13.5 Å². The average Bonchev–Trinajstić information content (AvgIpc) is 3.35. The molecule has 8 nitrogen and oxygen atoms in total. The number of ketones is 1. The van der Waals surface area contributed by atoms with Crippen molar-refractivity contribution in [3.05, 3.63) is 77.4 Å². The van der Waals surface area contributed by atoms with Crippen molar-refractivity contribution >= 4 is 17.3 Å². The Kier molecular flexibility index (Phi) is 4.79. The highest BCUT2D eigenvalue weighted by atomic mass is 16.2. The highest BCUT2D eigenvalue weighted by molar-refractivity contribution is 6.07. The summed E-state index contributed by atoms with van der Waals surface area (Å²) in [6.07, 6.45) is 5.95. The normalized spacial score (nSPS) is 13.1. The fourth-order valence-corrected chi connectivity index (χ4v) is 3.94. The van der Waals surface area contributed by atoms with Crippen LogP contribution in [0.3, 0.4) is 0 Å². The molecule has 0 N–H and O–H groups in total. The molecule has 1 aliphatic rings. The quantitative estimate of drug-likeness (QED) is 0.459. The van der Waals surface area contributed by atoms with Gasteiger partial charge in [0.25, 0.3) is 5.91 Å². The molecule has 4 aromatic rings. The van der Waals surface area contributed by atoms with Gasteiger partial charge in [0.05, 0.1) is 23.0 Å². The van der Waals surface area contributed by atoms with Gasteiger partial charge >= 0.3 is 0 Å². The third-order valence-corrected chi connectivity index (χ3v) is 5.80. The van der Waals surface area contributed by atoms with Crippen molar-refractivity contribution in [1.29, 1.82) is 5.26 Å². The average molecular weight is 424 g/mol. The molecule has 1 aliphatic heterocycles. The highest BCUT2D eigenvalue weighted by Crippen LogP contribution is 2.23. The van der Waals surface area contributed by atoms with E-state index in [1.54, 1.807) is 28.6 Å². The number of benzene rings is 1. The van der Waals surface area contributed by atoms with E-state index in [1.165, 1.54) is 10.9 Å².